The Morgan fingerprint density at radius 2 is 1.93 bits per heavy atom. The molecule has 148 valence electrons. The first-order valence-corrected chi connectivity index (χ1v) is 9.07. The lowest BCUT2D eigenvalue weighted by Crippen LogP contribution is -2.45. The van der Waals surface area contributed by atoms with Crippen LogP contribution in [0.25, 0.3) is 0 Å². The Morgan fingerprint density at radius 1 is 1.25 bits per heavy atom. The predicted molar refractivity (Wildman–Crippen MR) is 105 cm³/mol. The molecular formula is C19H19ClFN3O4. The lowest BCUT2D eigenvalue weighted by atomic mass is 10.1. The van der Waals surface area contributed by atoms with Crippen LogP contribution in [0, 0.1) is 15.9 Å². The van der Waals surface area contributed by atoms with E-state index in [1.807, 2.05) is 18.7 Å². The molecule has 0 aliphatic carbocycles. The molecule has 7 nitrogen and oxygen atoms in total. The number of hydrogen-bond acceptors (Lipinski definition) is 5. The van der Waals surface area contributed by atoms with E-state index < -0.39 is 16.6 Å². The number of carbonyl (C=O) groups excluding carboxylic acids is 1. The van der Waals surface area contributed by atoms with Crippen LogP contribution in [-0.2, 0) is 4.74 Å². The van der Waals surface area contributed by atoms with Gasteiger partial charge in [-0.2, -0.15) is 0 Å². The van der Waals surface area contributed by atoms with Crippen LogP contribution in [0.15, 0.2) is 36.4 Å². The summed E-state index contributed by atoms with van der Waals surface area (Å²) in [7, 11) is 0. The second-order valence-electron chi connectivity index (χ2n) is 6.70. The van der Waals surface area contributed by atoms with Gasteiger partial charge in [0.05, 0.1) is 33.4 Å². The molecule has 2 aromatic rings. The van der Waals surface area contributed by atoms with Crippen molar-refractivity contribution in [2.24, 2.45) is 0 Å². The highest BCUT2D eigenvalue weighted by Crippen LogP contribution is 2.27. The lowest BCUT2D eigenvalue weighted by molar-refractivity contribution is -0.384. The normalized spacial score (nSPS) is 19.4. The van der Waals surface area contributed by atoms with Gasteiger partial charge in [0.2, 0.25) is 0 Å². The number of carbonyl (C=O) groups is 1. The van der Waals surface area contributed by atoms with Gasteiger partial charge in [0.15, 0.2) is 0 Å². The number of benzene rings is 2. The summed E-state index contributed by atoms with van der Waals surface area (Å²) >= 11 is 5.97. The number of nitro benzene ring substituents is 1. The third kappa shape index (κ3) is 4.40. The number of anilines is 2. The van der Waals surface area contributed by atoms with Crippen molar-refractivity contribution in [1.82, 2.24) is 0 Å². The van der Waals surface area contributed by atoms with Crippen molar-refractivity contribution < 1.29 is 18.8 Å². The maximum Gasteiger partial charge on any atom is 0.270 e. The number of morpholine rings is 1. The number of rotatable bonds is 4. The number of hydrogen-bond donors (Lipinski definition) is 1. The maximum absolute atomic E-state index is 14.6. The molecule has 2 atom stereocenters. The molecule has 1 aliphatic heterocycles. The van der Waals surface area contributed by atoms with Crippen LogP contribution in [-0.4, -0.2) is 36.1 Å². The third-order valence-corrected chi connectivity index (χ3v) is 4.70. The fourth-order valence-electron chi connectivity index (χ4n) is 3.21. The molecule has 3 rings (SSSR count). The Labute approximate surface area is 166 Å². The Morgan fingerprint density at radius 3 is 2.54 bits per heavy atom. The summed E-state index contributed by atoms with van der Waals surface area (Å²) in [5, 5.41) is 13.5. The zero-order chi connectivity index (χ0) is 20.4. The Hall–Kier alpha value is -2.71. The Kier molecular flexibility index (Phi) is 5.81. The van der Waals surface area contributed by atoms with Gasteiger partial charge < -0.3 is 15.0 Å². The van der Waals surface area contributed by atoms with Crippen LogP contribution in [0.2, 0.25) is 5.02 Å². The standard InChI is InChI=1S/C19H19ClFN3O4/c1-11-9-23(10-12(2)28-11)18-6-3-13(7-17(18)21)22-19(25)15-8-14(24(26)27)4-5-16(15)20/h3-8,11-12H,9-10H2,1-2H3,(H,22,25). The van der Waals surface area contributed by atoms with E-state index in [2.05, 4.69) is 5.32 Å². The summed E-state index contributed by atoms with van der Waals surface area (Å²) in [4.78, 5) is 24.6. The number of nitrogens with one attached hydrogen (secondary N) is 1. The molecule has 1 amide bonds. The maximum atomic E-state index is 14.6. The van der Waals surface area contributed by atoms with Gasteiger partial charge in [0.1, 0.15) is 5.82 Å². The van der Waals surface area contributed by atoms with E-state index >= 15 is 0 Å². The first-order chi connectivity index (χ1) is 13.2. The van der Waals surface area contributed by atoms with E-state index in [0.717, 1.165) is 6.07 Å². The summed E-state index contributed by atoms with van der Waals surface area (Å²) in [5.74, 6) is -1.14. The smallest absolute Gasteiger partial charge is 0.270 e. The average molecular weight is 408 g/mol. The van der Waals surface area contributed by atoms with E-state index in [0.29, 0.717) is 18.8 Å². The van der Waals surface area contributed by atoms with Crippen molar-refractivity contribution in [3.05, 3.63) is 62.9 Å². The van der Waals surface area contributed by atoms with E-state index in [1.165, 1.54) is 18.2 Å². The van der Waals surface area contributed by atoms with Gasteiger partial charge >= 0.3 is 0 Å². The van der Waals surface area contributed by atoms with Crippen LogP contribution < -0.4 is 10.2 Å². The minimum Gasteiger partial charge on any atom is -0.372 e. The van der Waals surface area contributed by atoms with Gasteiger partial charge in [0, 0.05) is 30.9 Å². The molecule has 0 aromatic heterocycles. The molecule has 1 saturated heterocycles. The van der Waals surface area contributed by atoms with Crippen molar-refractivity contribution in [2.75, 3.05) is 23.3 Å². The molecule has 9 heteroatoms. The summed E-state index contributed by atoms with van der Waals surface area (Å²) < 4.78 is 20.3. The molecule has 0 saturated carbocycles. The summed E-state index contributed by atoms with van der Waals surface area (Å²) in [6, 6.07) is 7.94. The molecule has 2 aromatic carbocycles. The molecule has 28 heavy (non-hydrogen) atoms. The highest BCUT2D eigenvalue weighted by molar-refractivity contribution is 6.34. The highest BCUT2D eigenvalue weighted by atomic mass is 35.5. The van der Waals surface area contributed by atoms with Gasteiger partial charge in [-0.05, 0) is 38.1 Å². The molecule has 0 bridgehead atoms. The van der Waals surface area contributed by atoms with Crippen LogP contribution in [0.5, 0.6) is 0 Å². The van der Waals surface area contributed by atoms with E-state index in [-0.39, 0.29) is 34.2 Å². The fourth-order valence-corrected chi connectivity index (χ4v) is 3.42. The van der Waals surface area contributed by atoms with Gasteiger partial charge in [-0.1, -0.05) is 11.6 Å². The monoisotopic (exact) mass is 407 g/mol. The van der Waals surface area contributed by atoms with Crippen molar-refractivity contribution in [1.29, 1.82) is 0 Å². The fraction of sp³-hybridized carbons (Fsp3) is 0.316. The van der Waals surface area contributed by atoms with Crippen LogP contribution in [0.1, 0.15) is 24.2 Å². The summed E-state index contributed by atoms with van der Waals surface area (Å²) in [6.07, 6.45) is -0.0305. The molecule has 1 heterocycles. The molecular weight excluding hydrogens is 389 g/mol. The largest absolute Gasteiger partial charge is 0.372 e. The Bertz CT molecular complexity index is 914. The minimum atomic E-state index is -0.658. The molecule has 1 fully saturated rings. The lowest BCUT2D eigenvalue weighted by Gasteiger charge is -2.37. The molecule has 2 unspecified atom stereocenters. The highest BCUT2D eigenvalue weighted by Gasteiger charge is 2.24. The summed E-state index contributed by atoms with van der Waals surface area (Å²) in [6.45, 7) is 4.99. The van der Waals surface area contributed by atoms with E-state index in [1.54, 1.807) is 12.1 Å². The first-order valence-electron chi connectivity index (χ1n) is 8.70. The van der Waals surface area contributed by atoms with Crippen LogP contribution >= 0.6 is 11.6 Å². The summed E-state index contributed by atoms with van der Waals surface area (Å²) in [5.41, 5.74) is 0.333. The third-order valence-electron chi connectivity index (χ3n) is 4.37. The van der Waals surface area contributed by atoms with Gasteiger partial charge in [-0.15, -0.1) is 0 Å². The minimum absolute atomic E-state index is 0.0152. The number of nitrogens with zero attached hydrogens (tertiary/aromatic N) is 2. The zero-order valence-electron chi connectivity index (χ0n) is 15.3. The van der Waals surface area contributed by atoms with Gasteiger partial charge in [0.25, 0.3) is 11.6 Å². The van der Waals surface area contributed by atoms with Crippen molar-refractivity contribution in [3.63, 3.8) is 0 Å². The number of amides is 1. The molecule has 0 spiro atoms. The average Bonchev–Trinajstić information content (AvgIpc) is 2.61. The second kappa shape index (κ2) is 8.12. The quantitative estimate of drug-likeness (QED) is 0.604. The number of halogens is 2. The van der Waals surface area contributed by atoms with Gasteiger partial charge in [-0.3, -0.25) is 14.9 Å². The van der Waals surface area contributed by atoms with Gasteiger partial charge in [-0.25, -0.2) is 4.39 Å². The molecule has 1 N–H and O–H groups in total. The second-order valence-corrected chi connectivity index (χ2v) is 7.11. The van der Waals surface area contributed by atoms with Crippen molar-refractivity contribution >= 4 is 34.6 Å². The first kappa shape index (κ1) is 20.0. The Balaban J connectivity index is 1.79. The van der Waals surface area contributed by atoms with Crippen LogP contribution in [0.3, 0.4) is 0 Å². The van der Waals surface area contributed by atoms with Crippen molar-refractivity contribution in [2.45, 2.75) is 26.1 Å². The number of nitro groups is 1. The number of ether oxygens (including phenoxy) is 1. The zero-order valence-corrected chi connectivity index (χ0v) is 16.1. The predicted octanol–water partition coefficient (Wildman–Crippen LogP) is 4.25. The van der Waals surface area contributed by atoms with Crippen LogP contribution in [0.4, 0.5) is 21.5 Å². The number of non-ortho nitro benzene ring substituents is 1. The molecule has 0 radical (unpaired) electrons. The topological polar surface area (TPSA) is 84.7 Å². The SMILES string of the molecule is CC1CN(c2ccc(NC(=O)c3cc([N+](=O)[O-])ccc3Cl)cc2F)CC(C)O1. The molecule has 1 aliphatic rings. The van der Waals surface area contributed by atoms with E-state index in [9.17, 15) is 19.3 Å². The van der Waals surface area contributed by atoms with E-state index in [4.69, 9.17) is 16.3 Å². The van der Waals surface area contributed by atoms with Crippen molar-refractivity contribution in [3.8, 4) is 0 Å².